The number of carbonyl (C=O) groups is 1. The van der Waals surface area contributed by atoms with Gasteiger partial charge in [-0.1, -0.05) is 36.0 Å². The lowest BCUT2D eigenvalue weighted by Crippen LogP contribution is -2.47. The molecule has 0 saturated carbocycles. The molecule has 0 spiro atoms. The van der Waals surface area contributed by atoms with Gasteiger partial charge in [0.15, 0.2) is 0 Å². The number of imidazole rings is 1. The normalized spacial score (nSPS) is 18.0. The maximum atomic E-state index is 12.6. The van der Waals surface area contributed by atoms with Crippen LogP contribution in [0, 0.1) is 0 Å². The average Bonchev–Trinajstić information content (AvgIpc) is 3.38. The number of hydrogen-bond acceptors (Lipinski definition) is 6. The fraction of sp³-hybridized carbons (Fsp3) is 0.364. The minimum atomic E-state index is -0.0824. The number of benzene rings is 1. The number of pyridine rings is 1. The summed E-state index contributed by atoms with van der Waals surface area (Å²) in [7, 11) is 1.97. The molecular weight excluding hydrogens is 396 g/mol. The molecule has 0 radical (unpaired) electrons. The lowest BCUT2D eigenvalue weighted by molar-refractivity contribution is -0.124. The second-order valence-corrected chi connectivity index (χ2v) is 8.86. The number of nitrogens with zero attached hydrogens (tertiary/aromatic N) is 4. The third-order valence-electron chi connectivity index (χ3n) is 5.72. The van der Waals surface area contributed by atoms with Crippen molar-refractivity contribution < 1.29 is 4.79 Å². The first-order valence-electron chi connectivity index (χ1n) is 10.3. The predicted octanol–water partition coefficient (Wildman–Crippen LogP) is 3.56. The highest BCUT2D eigenvalue weighted by atomic mass is 32.1. The molecule has 2 N–H and O–H groups in total. The van der Waals surface area contributed by atoms with Crippen LogP contribution in [0.4, 0.5) is 0 Å². The van der Waals surface area contributed by atoms with Crippen molar-refractivity contribution in [3.8, 4) is 10.6 Å². The van der Waals surface area contributed by atoms with Crippen molar-refractivity contribution in [2.75, 3.05) is 6.54 Å². The second kappa shape index (κ2) is 7.77. The predicted molar refractivity (Wildman–Crippen MR) is 119 cm³/mol. The molecule has 1 fully saturated rings. The number of nitrogens with one attached hydrogen (secondary N) is 2. The van der Waals surface area contributed by atoms with Crippen LogP contribution in [-0.4, -0.2) is 38.0 Å². The standard InChI is InChI=1S/C22H24N6OS/c1-13(26-20(29)16-8-3-4-9-23-16)14-6-5-7-15(10-14)21-27-18-19-17(25-12-28(19)2)11-24-22(18)30-21/h5-7,10-13,16,23H,3-4,8-9H2,1-2H3,(H,26,29)/t13-,16-/m0/s1. The maximum absolute atomic E-state index is 12.6. The SMILES string of the molecule is C[C@H](NC(=O)[C@@H]1CCCCN1)c1cccc(-c2nc3c(ncc4ncn(C)c43)s2)c1. The van der Waals surface area contributed by atoms with Gasteiger partial charge in [-0.25, -0.2) is 15.0 Å². The van der Waals surface area contributed by atoms with Gasteiger partial charge in [0.25, 0.3) is 0 Å². The second-order valence-electron chi connectivity index (χ2n) is 7.88. The number of fused-ring (bicyclic) bond motifs is 3. The van der Waals surface area contributed by atoms with Crippen molar-refractivity contribution in [3.05, 3.63) is 42.4 Å². The van der Waals surface area contributed by atoms with E-state index >= 15 is 0 Å². The van der Waals surface area contributed by atoms with Gasteiger partial charge in [-0.2, -0.15) is 0 Å². The number of carbonyl (C=O) groups excluding carboxylic acids is 1. The van der Waals surface area contributed by atoms with Crippen molar-refractivity contribution >= 4 is 38.6 Å². The van der Waals surface area contributed by atoms with E-state index in [1.165, 1.54) is 0 Å². The molecule has 7 nitrogen and oxygen atoms in total. The summed E-state index contributed by atoms with van der Waals surface area (Å²) in [6, 6.07) is 8.08. The molecule has 8 heteroatoms. The van der Waals surface area contributed by atoms with Crippen molar-refractivity contribution in [2.45, 2.75) is 38.3 Å². The first-order chi connectivity index (χ1) is 14.6. The van der Waals surface area contributed by atoms with Crippen molar-refractivity contribution in [1.29, 1.82) is 0 Å². The smallest absolute Gasteiger partial charge is 0.237 e. The summed E-state index contributed by atoms with van der Waals surface area (Å²) < 4.78 is 1.98. The summed E-state index contributed by atoms with van der Waals surface area (Å²) in [6.45, 7) is 2.94. The van der Waals surface area contributed by atoms with E-state index in [1.807, 2.05) is 30.7 Å². The van der Waals surface area contributed by atoms with Crippen LogP contribution in [-0.2, 0) is 11.8 Å². The highest BCUT2D eigenvalue weighted by Crippen LogP contribution is 2.33. The highest BCUT2D eigenvalue weighted by molar-refractivity contribution is 7.21. The Hall–Kier alpha value is -2.84. The zero-order valence-electron chi connectivity index (χ0n) is 17.1. The van der Waals surface area contributed by atoms with Crippen molar-refractivity contribution in [1.82, 2.24) is 30.2 Å². The van der Waals surface area contributed by atoms with E-state index in [0.29, 0.717) is 0 Å². The number of piperidine rings is 1. The van der Waals surface area contributed by atoms with E-state index in [9.17, 15) is 4.79 Å². The average molecular weight is 421 g/mol. The zero-order chi connectivity index (χ0) is 20.7. The molecule has 1 aromatic carbocycles. The van der Waals surface area contributed by atoms with Crippen LogP contribution in [0.2, 0.25) is 0 Å². The van der Waals surface area contributed by atoms with Gasteiger partial charge < -0.3 is 15.2 Å². The van der Waals surface area contributed by atoms with Crippen molar-refractivity contribution in [3.63, 3.8) is 0 Å². The summed E-state index contributed by atoms with van der Waals surface area (Å²) in [6.07, 6.45) is 6.73. The Labute approximate surface area is 178 Å². The molecule has 0 bridgehead atoms. The Morgan fingerprint density at radius 1 is 1.33 bits per heavy atom. The van der Waals surface area contributed by atoms with Gasteiger partial charge in [-0.3, -0.25) is 4.79 Å². The molecule has 0 unspecified atom stereocenters. The summed E-state index contributed by atoms with van der Waals surface area (Å²) >= 11 is 1.57. The van der Waals surface area contributed by atoms with E-state index in [4.69, 9.17) is 4.98 Å². The number of aryl methyl sites for hydroxylation is 1. The van der Waals surface area contributed by atoms with E-state index in [1.54, 1.807) is 23.9 Å². The molecule has 5 rings (SSSR count). The number of amides is 1. The monoisotopic (exact) mass is 420 g/mol. The van der Waals surface area contributed by atoms with Crippen LogP contribution in [0.1, 0.15) is 37.8 Å². The van der Waals surface area contributed by atoms with Crippen molar-refractivity contribution in [2.24, 2.45) is 7.05 Å². The molecule has 3 aromatic heterocycles. The molecule has 1 amide bonds. The number of hydrogen-bond donors (Lipinski definition) is 2. The van der Waals surface area contributed by atoms with Gasteiger partial charge in [-0.05, 0) is 37.9 Å². The van der Waals surface area contributed by atoms with Gasteiger partial charge in [0.05, 0.1) is 30.1 Å². The fourth-order valence-electron chi connectivity index (χ4n) is 4.04. The summed E-state index contributed by atoms with van der Waals surface area (Å²) in [5.41, 5.74) is 4.82. The molecule has 1 aliphatic heterocycles. The third-order valence-corrected chi connectivity index (χ3v) is 6.73. The third kappa shape index (κ3) is 3.46. The molecule has 4 heterocycles. The van der Waals surface area contributed by atoms with Gasteiger partial charge in [0, 0.05) is 12.6 Å². The van der Waals surface area contributed by atoms with Crippen LogP contribution < -0.4 is 10.6 Å². The Morgan fingerprint density at radius 2 is 2.23 bits per heavy atom. The van der Waals surface area contributed by atoms with Gasteiger partial charge in [0.2, 0.25) is 5.91 Å². The molecular formula is C22H24N6OS. The highest BCUT2D eigenvalue weighted by Gasteiger charge is 2.22. The van der Waals surface area contributed by atoms with Gasteiger partial charge >= 0.3 is 0 Å². The molecule has 1 aliphatic rings. The van der Waals surface area contributed by atoms with Gasteiger partial charge in [0.1, 0.15) is 20.9 Å². The van der Waals surface area contributed by atoms with Crippen LogP contribution in [0.15, 0.2) is 36.8 Å². The number of rotatable bonds is 4. The quantitative estimate of drug-likeness (QED) is 0.527. The molecule has 0 aliphatic carbocycles. The fourth-order valence-corrected chi connectivity index (χ4v) is 4.95. The molecule has 154 valence electrons. The minimum Gasteiger partial charge on any atom is -0.348 e. The maximum Gasteiger partial charge on any atom is 0.237 e. The summed E-state index contributed by atoms with van der Waals surface area (Å²) in [5.74, 6) is 0.0791. The molecule has 2 atom stereocenters. The van der Waals surface area contributed by atoms with Crippen LogP contribution in [0.25, 0.3) is 32.0 Å². The zero-order valence-corrected chi connectivity index (χ0v) is 17.9. The molecule has 30 heavy (non-hydrogen) atoms. The minimum absolute atomic E-state index is 0.0718. The van der Waals surface area contributed by atoms with E-state index in [2.05, 4.69) is 32.7 Å². The Kier molecular flexibility index (Phi) is 4.96. The van der Waals surface area contributed by atoms with E-state index < -0.39 is 0 Å². The lowest BCUT2D eigenvalue weighted by Gasteiger charge is -2.24. The van der Waals surface area contributed by atoms with Crippen LogP contribution in [0.5, 0.6) is 0 Å². The Balaban J connectivity index is 1.42. The van der Waals surface area contributed by atoms with Gasteiger partial charge in [-0.15, -0.1) is 0 Å². The molecule has 1 saturated heterocycles. The van der Waals surface area contributed by atoms with E-state index in [0.717, 1.165) is 63.3 Å². The number of thiazole rings is 1. The Morgan fingerprint density at radius 3 is 3.07 bits per heavy atom. The first kappa shape index (κ1) is 19.1. The summed E-state index contributed by atoms with van der Waals surface area (Å²) in [5, 5.41) is 7.38. The largest absolute Gasteiger partial charge is 0.348 e. The Bertz CT molecular complexity index is 1220. The first-order valence-corrected chi connectivity index (χ1v) is 11.1. The van der Waals surface area contributed by atoms with E-state index in [-0.39, 0.29) is 18.0 Å². The summed E-state index contributed by atoms with van der Waals surface area (Å²) in [4.78, 5) is 27.3. The van der Waals surface area contributed by atoms with Crippen LogP contribution >= 0.6 is 11.3 Å². The topological polar surface area (TPSA) is 84.7 Å². The lowest BCUT2D eigenvalue weighted by atomic mass is 10.0. The molecule has 4 aromatic rings. The number of aromatic nitrogens is 4. The van der Waals surface area contributed by atoms with Crippen LogP contribution in [0.3, 0.4) is 0 Å².